The van der Waals surface area contributed by atoms with Gasteiger partial charge in [0, 0.05) is 45.3 Å². The third-order valence-electron chi connectivity index (χ3n) is 6.25. The lowest BCUT2D eigenvalue weighted by Crippen LogP contribution is -2.35. The Morgan fingerprint density at radius 2 is 1.82 bits per heavy atom. The van der Waals surface area contributed by atoms with Crippen molar-refractivity contribution in [3.05, 3.63) is 99.2 Å². The van der Waals surface area contributed by atoms with E-state index in [4.69, 9.17) is 23.2 Å². The minimum absolute atomic E-state index is 0.00572. The summed E-state index contributed by atoms with van der Waals surface area (Å²) in [7, 11) is 0. The van der Waals surface area contributed by atoms with Crippen LogP contribution in [0.5, 0.6) is 0 Å². The molecule has 6 rings (SSSR count). The fourth-order valence-electron chi connectivity index (χ4n) is 4.90. The number of aromatic amines is 2. The minimum atomic E-state index is 0.00572. The molecule has 1 aliphatic heterocycles. The van der Waals surface area contributed by atoms with Crippen LogP contribution in [-0.2, 0) is 13.0 Å². The highest BCUT2D eigenvalue weighted by Gasteiger charge is 2.32. The number of nitrogens with zero attached hydrogens (tertiary/aromatic N) is 4. The van der Waals surface area contributed by atoms with E-state index in [2.05, 4.69) is 66.9 Å². The summed E-state index contributed by atoms with van der Waals surface area (Å²) >= 11 is 12.8. The average Bonchev–Trinajstić information content (AvgIpc) is 3.47. The number of nitrogens with one attached hydrogen (secondary N) is 2. The summed E-state index contributed by atoms with van der Waals surface area (Å²) in [6, 6.07) is 22.6. The molecule has 3 aromatic carbocycles. The Labute approximate surface area is 200 Å². The minimum Gasteiger partial charge on any atom is -0.357 e. The molecule has 0 amide bonds. The van der Waals surface area contributed by atoms with Gasteiger partial charge in [0.2, 0.25) is 5.82 Å². The average molecular weight is 475 g/mol. The molecule has 0 saturated heterocycles. The van der Waals surface area contributed by atoms with E-state index in [1.807, 2.05) is 24.3 Å². The predicted octanol–water partition coefficient (Wildman–Crippen LogP) is 5.80. The highest BCUT2D eigenvalue weighted by atomic mass is 35.5. The number of rotatable bonds is 4. The quantitative estimate of drug-likeness (QED) is 0.345. The van der Waals surface area contributed by atoms with E-state index in [0.717, 1.165) is 36.2 Å². The van der Waals surface area contributed by atoms with Crippen molar-refractivity contribution >= 4 is 34.1 Å². The van der Waals surface area contributed by atoms with Crippen molar-refractivity contribution in [2.75, 3.05) is 6.54 Å². The van der Waals surface area contributed by atoms with Crippen molar-refractivity contribution in [3.63, 3.8) is 0 Å². The van der Waals surface area contributed by atoms with E-state index in [-0.39, 0.29) is 6.04 Å². The van der Waals surface area contributed by atoms with Crippen molar-refractivity contribution in [2.45, 2.75) is 19.0 Å². The smallest absolute Gasteiger partial charge is 0.204 e. The van der Waals surface area contributed by atoms with Crippen LogP contribution >= 0.6 is 23.2 Å². The first-order chi connectivity index (χ1) is 16.2. The number of benzene rings is 3. The van der Waals surface area contributed by atoms with Gasteiger partial charge in [-0.15, -0.1) is 10.2 Å². The van der Waals surface area contributed by atoms with Gasteiger partial charge in [-0.2, -0.15) is 5.21 Å². The molecule has 8 heteroatoms. The summed E-state index contributed by atoms with van der Waals surface area (Å²) in [4.78, 5) is 6.16. The second-order valence-corrected chi connectivity index (χ2v) is 9.20. The largest absolute Gasteiger partial charge is 0.357 e. The van der Waals surface area contributed by atoms with Crippen LogP contribution in [0, 0.1) is 0 Å². The molecule has 0 radical (unpaired) electrons. The number of para-hydroxylation sites is 1. The standard InChI is InChI=1S/C25H20Cl2N6/c26-18-11-17(12-19(27)13-18)24-23-21(20-6-1-2-7-22(20)28-23)8-9-33(24)14-15-4-3-5-16(10-15)25-29-31-32-30-25/h1-7,10-13,24,28H,8-9,14H2,(H,29,30,31,32). The fraction of sp³-hybridized carbons (Fsp3) is 0.160. The monoisotopic (exact) mass is 474 g/mol. The lowest BCUT2D eigenvalue weighted by molar-refractivity contribution is 0.202. The molecule has 164 valence electrons. The summed E-state index contributed by atoms with van der Waals surface area (Å²) in [5, 5.41) is 17.0. The van der Waals surface area contributed by atoms with Crippen molar-refractivity contribution < 1.29 is 0 Å². The Kier molecular flexibility index (Phi) is 5.14. The highest BCUT2D eigenvalue weighted by molar-refractivity contribution is 6.34. The van der Waals surface area contributed by atoms with Crippen LogP contribution in [0.15, 0.2) is 66.7 Å². The van der Waals surface area contributed by atoms with Crippen molar-refractivity contribution in [2.24, 2.45) is 0 Å². The molecule has 2 N–H and O–H groups in total. The fourth-order valence-corrected chi connectivity index (χ4v) is 5.44. The summed E-state index contributed by atoms with van der Waals surface area (Å²) < 4.78 is 0. The second-order valence-electron chi connectivity index (χ2n) is 8.32. The lowest BCUT2D eigenvalue weighted by atomic mass is 9.92. The molecule has 3 heterocycles. The van der Waals surface area contributed by atoms with Gasteiger partial charge in [0.05, 0.1) is 6.04 Å². The Morgan fingerprint density at radius 1 is 0.970 bits per heavy atom. The van der Waals surface area contributed by atoms with E-state index in [1.54, 1.807) is 6.07 Å². The predicted molar refractivity (Wildman–Crippen MR) is 130 cm³/mol. The molecular formula is C25H20Cl2N6. The van der Waals surface area contributed by atoms with Crippen LogP contribution in [0.1, 0.15) is 28.4 Å². The summed E-state index contributed by atoms with van der Waals surface area (Å²) in [6.45, 7) is 1.67. The maximum Gasteiger partial charge on any atom is 0.204 e. The van der Waals surface area contributed by atoms with E-state index in [9.17, 15) is 0 Å². The van der Waals surface area contributed by atoms with Crippen molar-refractivity contribution in [3.8, 4) is 11.4 Å². The molecule has 0 fully saturated rings. The first kappa shape index (κ1) is 20.4. The van der Waals surface area contributed by atoms with E-state index < -0.39 is 0 Å². The SMILES string of the molecule is Clc1cc(Cl)cc(C2c3[nH]c4ccccc4c3CCN2Cc2cccc(-c3nn[nH]n3)c2)c1. The number of H-pyrrole nitrogens is 2. The molecule has 1 unspecified atom stereocenters. The van der Waals surface area contributed by atoms with Crippen LogP contribution in [0.2, 0.25) is 10.0 Å². The third-order valence-corrected chi connectivity index (χ3v) is 6.69. The molecule has 0 bridgehead atoms. The molecule has 0 spiro atoms. The number of hydrogen-bond acceptors (Lipinski definition) is 4. The zero-order valence-electron chi connectivity index (χ0n) is 17.6. The first-order valence-corrected chi connectivity index (χ1v) is 11.5. The molecule has 5 aromatic rings. The molecule has 0 saturated carbocycles. The van der Waals surface area contributed by atoms with Gasteiger partial charge >= 0.3 is 0 Å². The van der Waals surface area contributed by atoms with Crippen LogP contribution in [0.3, 0.4) is 0 Å². The van der Waals surface area contributed by atoms with Crippen molar-refractivity contribution in [1.82, 2.24) is 30.5 Å². The summed E-state index contributed by atoms with van der Waals surface area (Å²) in [6.07, 6.45) is 0.967. The number of hydrogen-bond donors (Lipinski definition) is 2. The lowest BCUT2D eigenvalue weighted by Gasteiger charge is -2.36. The zero-order chi connectivity index (χ0) is 22.4. The summed E-state index contributed by atoms with van der Waals surface area (Å²) in [5.41, 5.74) is 6.91. The van der Waals surface area contributed by atoms with Gasteiger partial charge in [-0.05, 0) is 58.7 Å². The van der Waals surface area contributed by atoms with Gasteiger partial charge in [0.1, 0.15) is 0 Å². The zero-order valence-corrected chi connectivity index (χ0v) is 19.1. The van der Waals surface area contributed by atoms with Gasteiger partial charge in [0.25, 0.3) is 0 Å². The van der Waals surface area contributed by atoms with E-state index >= 15 is 0 Å². The molecule has 1 atom stereocenters. The number of fused-ring (bicyclic) bond motifs is 3. The van der Waals surface area contributed by atoms with E-state index in [1.165, 1.54) is 22.2 Å². The molecule has 33 heavy (non-hydrogen) atoms. The molecule has 1 aliphatic rings. The van der Waals surface area contributed by atoms with Crippen LogP contribution < -0.4 is 0 Å². The van der Waals surface area contributed by atoms with Crippen molar-refractivity contribution in [1.29, 1.82) is 0 Å². The number of aromatic nitrogens is 5. The van der Waals surface area contributed by atoms with Gasteiger partial charge in [-0.3, -0.25) is 4.90 Å². The number of halogens is 2. The normalized spacial score (nSPS) is 16.2. The molecule has 6 nitrogen and oxygen atoms in total. The molecule has 0 aliphatic carbocycles. The maximum atomic E-state index is 6.42. The van der Waals surface area contributed by atoms with Gasteiger partial charge < -0.3 is 4.98 Å². The maximum absolute atomic E-state index is 6.42. The highest BCUT2D eigenvalue weighted by Crippen LogP contribution is 2.40. The van der Waals surface area contributed by atoms with Crippen LogP contribution in [0.25, 0.3) is 22.3 Å². The van der Waals surface area contributed by atoms with Gasteiger partial charge in [-0.25, -0.2) is 0 Å². The Hall–Kier alpha value is -3.19. The molecule has 2 aromatic heterocycles. The topological polar surface area (TPSA) is 73.5 Å². The van der Waals surface area contributed by atoms with Gasteiger partial charge in [0.15, 0.2) is 0 Å². The van der Waals surface area contributed by atoms with Crippen LogP contribution in [0.4, 0.5) is 0 Å². The first-order valence-electron chi connectivity index (χ1n) is 10.8. The Balaban J connectivity index is 1.44. The second kappa shape index (κ2) is 8.30. The number of tetrazole rings is 1. The van der Waals surface area contributed by atoms with Crippen LogP contribution in [-0.4, -0.2) is 37.1 Å². The van der Waals surface area contributed by atoms with E-state index in [0.29, 0.717) is 15.9 Å². The Bertz CT molecular complexity index is 1420. The molecular weight excluding hydrogens is 455 g/mol. The summed E-state index contributed by atoms with van der Waals surface area (Å²) in [5.74, 6) is 0.589. The van der Waals surface area contributed by atoms with Gasteiger partial charge in [-0.1, -0.05) is 59.6 Å². The Morgan fingerprint density at radius 3 is 2.64 bits per heavy atom. The third kappa shape index (κ3) is 3.80.